The molecule has 5 nitrogen and oxygen atoms in total. The van der Waals surface area contributed by atoms with Crippen LogP contribution in [-0.4, -0.2) is 31.9 Å². The molecule has 1 heterocycles. The number of hydrogen-bond donors (Lipinski definition) is 1. The number of urea groups is 1. The molecule has 1 N–H and O–H groups in total. The Balaban J connectivity index is 2.33. The highest BCUT2D eigenvalue weighted by Crippen LogP contribution is 2.43. The van der Waals surface area contributed by atoms with Crippen molar-refractivity contribution in [2.75, 3.05) is 6.54 Å². The summed E-state index contributed by atoms with van der Waals surface area (Å²) in [5.74, 6) is 0. The second-order valence-electron chi connectivity index (χ2n) is 6.23. The van der Waals surface area contributed by atoms with Crippen molar-refractivity contribution in [2.45, 2.75) is 29.7 Å². The SMILES string of the molecule is CC(C)N1C(=O)NCC1(c1cccc(Br)c1)S(=O)(=O)c1ccccc1. The Morgan fingerprint density at radius 1 is 1.12 bits per heavy atom. The van der Waals surface area contributed by atoms with E-state index >= 15 is 0 Å². The molecule has 2 amide bonds. The van der Waals surface area contributed by atoms with Crippen LogP contribution < -0.4 is 5.32 Å². The lowest BCUT2D eigenvalue weighted by molar-refractivity contribution is 0.170. The predicted octanol–water partition coefficient (Wildman–Crippen LogP) is 3.51. The molecule has 1 aliphatic rings. The Hall–Kier alpha value is -1.86. The molecule has 1 unspecified atom stereocenters. The maximum Gasteiger partial charge on any atom is 0.319 e. The minimum Gasteiger partial charge on any atom is -0.334 e. The monoisotopic (exact) mass is 422 g/mol. The third-order valence-corrected chi connectivity index (χ3v) is 7.23. The van der Waals surface area contributed by atoms with Crippen LogP contribution in [0, 0.1) is 0 Å². The van der Waals surface area contributed by atoms with Gasteiger partial charge in [-0.05, 0) is 43.7 Å². The van der Waals surface area contributed by atoms with Crippen molar-refractivity contribution in [1.82, 2.24) is 10.2 Å². The fourth-order valence-electron chi connectivity index (χ4n) is 3.33. The van der Waals surface area contributed by atoms with Crippen molar-refractivity contribution >= 4 is 31.8 Å². The van der Waals surface area contributed by atoms with E-state index in [0.29, 0.717) is 5.56 Å². The Bertz CT molecular complexity index is 900. The summed E-state index contributed by atoms with van der Waals surface area (Å²) in [7, 11) is -3.88. The van der Waals surface area contributed by atoms with Gasteiger partial charge < -0.3 is 5.32 Å². The summed E-state index contributed by atoms with van der Waals surface area (Å²) in [5, 5.41) is 2.73. The van der Waals surface area contributed by atoms with Crippen LogP contribution in [-0.2, 0) is 14.7 Å². The Kier molecular flexibility index (Phi) is 4.64. The van der Waals surface area contributed by atoms with E-state index in [1.165, 1.54) is 4.90 Å². The average Bonchev–Trinajstić information content (AvgIpc) is 2.95. The fraction of sp³-hybridized carbons (Fsp3) is 0.278. The van der Waals surface area contributed by atoms with E-state index in [-0.39, 0.29) is 23.5 Å². The zero-order chi connectivity index (χ0) is 18.2. The van der Waals surface area contributed by atoms with Crippen molar-refractivity contribution in [3.8, 4) is 0 Å². The van der Waals surface area contributed by atoms with Crippen molar-refractivity contribution in [3.63, 3.8) is 0 Å². The number of rotatable bonds is 4. The molecule has 2 aromatic carbocycles. The van der Waals surface area contributed by atoms with Crippen LogP contribution >= 0.6 is 15.9 Å². The normalized spacial score (nSPS) is 20.8. The highest BCUT2D eigenvalue weighted by molar-refractivity contribution is 9.10. The molecule has 0 aromatic heterocycles. The molecule has 1 aliphatic heterocycles. The third kappa shape index (κ3) is 2.75. The van der Waals surface area contributed by atoms with Gasteiger partial charge in [0.15, 0.2) is 4.87 Å². The molecule has 0 saturated carbocycles. The number of benzene rings is 2. The summed E-state index contributed by atoms with van der Waals surface area (Å²) in [4.78, 5) is 12.6. The van der Waals surface area contributed by atoms with E-state index < -0.39 is 14.7 Å². The Labute approximate surface area is 156 Å². The first kappa shape index (κ1) is 17.9. The summed E-state index contributed by atoms with van der Waals surface area (Å²) in [6, 6.07) is 14.7. The van der Waals surface area contributed by atoms with Crippen LogP contribution in [0.3, 0.4) is 0 Å². The van der Waals surface area contributed by atoms with Crippen molar-refractivity contribution in [3.05, 3.63) is 64.6 Å². The number of carbonyl (C=O) groups is 1. The lowest BCUT2D eigenvalue weighted by Gasteiger charge is -2.39. The van der Waals surface area contributed by atoms with Gasteiger partial charge in [-0.1, -0.05) is 46.3 Å². The molecular formula is C18H19BrN2O3S. The Morgan fingerprint density at radius 3 is 2.40 bits per heavy atom. The zero-order valence-electron chi connectivity index (χ0n) is 13.9. The maximum atomic E-state index is 13.7. The third-order valence-electron chi connectivity index (χ3n) is 4.38. The molecule has 25 heavy (non-hydrogen) atoms. The van der Waals surface area contributed by atoms with Crippen LogP contribution in [0.4, 0.5) is 4.79 Å². The summed E-state index contributed by atoms with van der Waals surface area (Å²) in [6.45, 7) is 3.63. The van der Waals surface area contributed by atoms with Gasteiger partial charge in [-0.25, -0.2) is 13.2 Å². The molecule has 0 bridgehead atoms. The largest absolute Gasteiger partial charge is 0.334 e. The minimum absolute atomic E-state index is 0.00229. The molecule has 3 rings (SSSR count). The first-order chi connectivity index (χ1) is 11.8. The standard InChI is InChI=1S/C18H19BrN2O3S/c1-13(2)21-17(22)20-12-18(21,14-7-6-8-15(19)11-14)25(23,24)16-9-4-3-5-10-16/h3-11,13H,12H2,1-2H3,(H,20,22). The van der Waals surface area contributed by atoms with Crippen LogP contribution in [0.15, 0.2) is 64.0 Å². The topological polar surface area (TPSA) is 66.5 Å². The van der Waals surface area contributed by atoms with Crippen LogP contribution in [0.2, 0.25) is 0 Å². The van der Waals surface area contributed by atoms with Gasteiger partial charge in [0.1, 0.15) is 0 Å². The first-order valence-electron chi connectivity index (χ1n) is 7.93. The molecule has 1 saturated heterocycles. The highest BCUT2D eigenvalue weighted by atomic mass is 79.9. The molecule has 132 valence electrons. The van der Waals surface area contributed by atoms with Gasteiger partial charge in [0.2, 0.25) is 9.84 Å². The summed E-state index contributed by atoms with van der Waals surface area (Å²) in [5.41, 5.74) is 0.553. The Morgan fingerprint density at radius 2 is 1.80 bits per heavy atom. The average molecular weight is 423 g/mol. The van der Waals surface area contributed by atoms with E-state index in [1.54, 1.807) is 48.5 Å². The van der Waals surface area contributed by atoms with Crippen molar-refractivity contribution < 1.29 is 13.2 Å². The van der Waals surface area contributed by atoms with Gasteiger partial charge in [0.25, 0.3) is 0 Å². The number of nitrogens with zero attached hydrogens (tertiary/aromatic N) is 1. The van der Waals surface area contributed by atoms with Gasteiger partial charge in [0.05, 0.1) is 11.4 Å². The first-order valence-corrected chi connectivity index (χ1v) is 10.2. The summed E-state index contributed by atoms with van der Waals surface area (Å²) >= 11 is 3.41. The van der Waals surface area contributed by atoms with Crippen molar-refractivity contribution in [2.24, 2.45) is 0 Å². The molecule has 0 radical (unpaired) electrons. The molecule has 2 aromatic rings. The predicted molar refractivity (Wildman–Crippen MR) is 99.8 cm³/mol. The molecular weight excluding hydrogens is 404 g/mol. The van der Waals surface area contributed by atoms with E-state index in [0.717, 1.165) is 4.47 Å². The van der Waals surface area contributed by atoms with Gasteiger partial charge in [-0.3, -0.25) is 4.90 Å². The minimum atomic E-state index is -3.88. The van der Waals surface area contributed by atoms with Crippen LogP contribution in [0.5, 0.6) is 0 Å². The number of nitrogens with one attached hydrogen (secondary N) is 1. The van der Waals surface area contributed by atoms with Crippen molar-refractivity contribution in [1.29, 1.82) is 0 Å². The zero-order valence-corrected chi connectivity index (χ0v) is 16.3. The van der Waals surface area contributed by atoms with E-state index in [2.05, 4.69) is 21.2 Å². The number of halogens is 1. The quantitative estimate of drug-likeness (QED) is 0.819. The van der Waals surface area contributed by atoms with Crippen LogP contribution in [0.25, 0.3) is 0 Å². The van der Waals surface area contributed by atoms with Gasteiger partial charge in [0, 0.05) is 10.5 Å². The number of carbonyl (C=O) groups excluding carboxylic acids is 1. The van der Waals surface area contributed by atoms with E-state index in [1.807, 2.05) is 19.9 Å². The van der Waals surface area contributed by atoms with Gasteiger partial charge in [-0.15, -0.1) is 0 Å². The number of hydrogen-bond acceptors (Lipinski definition) is 3. The summed E-state index contributed by atoms with van der Waals surface area (Å²) < 4.78 is 28.1. The highest BCUT2D eigenvalue weighted by Gasteiger charge is 2.57. The second kappa shape index (κ2) is 6.46. The van der Waals surface area contributed by atoms with Gasteiger partial charge in [-0.2, -0.15) is 0 Å². The molecule has 0 spiro atoms. The number of amides is 2. The maximum absolute atomic E-state index is 13.7. The van der Waals surface area contributed by atoms with E-state index in [9.17, 15) is 13.2 Å². The lowest BCUT2D eigenvalue weighted by Crippen LogP contribution is -2.53. The molecule has 1 fully saturated rings. The van der Waals surface area contributed by atoms with Crippen LogP contribution in [0.1, 0.15) is 19.4 Å². The number of sulfone groups is 1. The fourth-order valence-corrected chi connectivity index (χ4v) is 5.88. The molecule has 7 heteroatoms. The van der Waals surface area contributed by atoms with E-state index in [4.69, 9.17) is 0 Å². The molecule has 0 aliphatic carbocycles. The smallest absolute Gasteiger partial charge is 0.319 e. The molecule has 1 atom stereocenters. The summed E-state index contributed by atoms with van der Waals surface area (Å²) in [6.07, 6.45) is 0. The van der Waals surface area contributed by atoms with Gasteiger partial charge >= 0.3 is 6.03 Å². The lowest BCUT2D eigenvalue weighted by atomic mass is 10.0. The second-order valence-corrected chi connectivity index (χ2v) is 9.30.